The molecule has 0 spiro atoms. The smallest absolute Gasteiger partial charge is 0.298 e. The Morgan fingerprint density at radius 1 is 0.885 bits per heavy atom. The minimum atomic E-state index is -0.288. The van der Waals surface area contributed by atoms with Crippen molar-refractivity contribution in [1.29, 1.82) is 0 Å². The third-order valence-electron chi connectivity index (χ3n) is 4.24. The van der Waals surface area contributed by atoms with Gasteiger partial charge in [-0.2, -0.15) is 0 Å². The lowest BCUT2D eigenvalue weighted by atomic mass is 10.2. The quantitative estimate of drug-likeness (QED) is 0.616. The number of aromatic nitrogens is 1. The molecule has 0 radical (unpaired) electrons. The van der Waals surface area contributed by atoms with Crippen molar-refractivity contribution in [2.45, 2.75) is 6.92 Å². The first-order valence-electron chi connectivity index (χ1n) is 8.21. The van der Waals surface area contributed by atoms with Crippen LogP contribution in [0.15, 0.2) is 77.8 Å². The van der Waals surface area contributed by atoms with Gasteiger partial charge in [-0.1, -0.05) is 36.4 Å². The van der Waals surface area contributed by atoms with Crippen LogP contribution in [0.25, 0.3) is 11.8 Å². The van der Waals surface area contributed by atoms with Gasteiger partial charge in [0.1, 0.15) is 0 Å². The Balaban J connectivity index is 1.71. The van der Waals surface area contributed by atoms with Crippen LogP contribution in [0.1, 0.15) is 11.3 Å². The number of para-hydroxylation sites is 2. The van der Waals surface area contributed by atoms with Crippen LogP contribution in [0.4, 0.5) is 10.5 Å². The van der Waals surface area contributed by atoms with Crippen molar-refractivity contribution in [3.05, 3.63) is 89.1 Å². The van der Waals surface area contributed by atoms with Crippen LogP contribution in [0.2, 0.25) is 0 Å². The summed E-state index contributed by atoms with van der Waals surface area (Å²) < 4.78 is 2.02. The number of carbonyl (C=O) groups is 2. The largest absolute Gasteiger partial charge is 0.317 e. The van der Waals surface area contributed by atoms with Gasteiger partial charge in [0, 0.05) is 17.6 Å². The lowest BCUT2D eigenvalue weighted by Crippen LogP contribution is -2.27. The minimum absolute atomic E-state index is 0.276. The number of imide groups is 1. The summed E-state index contributed by atoms with van der Waals surface area (Å²) in [6.07, 6.45) is 3.73. The fraction of sp³-hybridized carbons (Fsp3) is 0.0476. The third-order valence-corrected chi connectivity index (χ3v) is 5.11. The molecule has 5 heteroatoms. The second-order valence-corrected chi connectivity index (χ2v) is 6.94. The van der Waals surface area contributed by atoms with Crippen molar-refractivity contribution in [2.75, 3.05) is 4.90 Å². The Morgan fingerprint density at radius 2 is 1.62 bits per heavy atom. The fourth-order valence-electron chi connectivity index (χ4n) is 2.97. The number of aryl methyl sites for hydroxylation is 1. The molecule has 1 aliphatic heterocycles. The van der Waals surface area contributed by atoms with Crippen LogP contribution in [-0.2, 0) is 4.79 Å². The standard InChI is InChI=1S/C21H16N2O2S/c1-15-8-5-6-12-18(15)22-13-7-11-17(22)14-19-20(24)23(21(25)26-19)16-9-3-2-4-10-16/h2-14H,1H3/b19-14+. The van der Waals surface area contributed by atoms with E-state index in [1.807, 2.05) is 72.3 Å². The molecule has 0 atom stereocenters. The van der Waals surface area contributed by atoms with E-state index in [2.05, 4.69) is 0 Å². The fourth-order valence-corrected chi connectivity index (χ4v) is 3.79. The van der Waals surface area contributed by atoms with Gasteiger partial charge in [0.15, 0.2) is 0 Å². The molecular formula is C21H16N2O2S. The zero-order valence-electron chi connectivity index (χ0n) is 14.1. The third kappa shape index (κ3) is 2.86. The van der Waals surface area contributed by atoms with Crippen molar-refractivity contribution in [2.24, 2.45) is 0 Å². The molecule has 1 aliphatic rings. The molecular weight excluding hydrogens is 344 g/mol. The second-order valence-electron chi connectivity index (χ2n) is 5.94. The highest BCUT2D eigenvalue weighted by molar-refractivity contribution is 8.19. The number of anilines is 1. The molecule has 0 saturated carbocycles. The number of benzene rings is 2. The summed E-state index contributed by atoms with van der Waals surface area (Å²) in [5, 5.41) is -0.276. The predicted molar refractivity (Wildman–Crippen MR) is 105 cm³/mol. The monoisotopic (exact) mass is 360 g/mol. The second kappa shape index (κ2) is 6.69. The predicted octanol–water partition coefficient (Wildman–Crippen LogP) is 5.03. The van der Waals surface area contributed by atoms with Gasteiger partial charge in [-0.05, 0) is 60.7 Å². The van der Waals surface area contributed by atoms with Gasteiger partial charge < -0.3 is 4.57 Å². The minimum Gasteiger partial charge on any atom is -0.317 e. The van der Waals surface area contributed by atoms with E-state index in [0.717, 1.165) is 28.7 Å². The van der Waals surface area contributed by atoms with Crippen molar-refractivity contribution in [3.63, 3.8) is 0 Å². The van der Waals surface area contributed by atoms with E-state index in [4.69, 9.17) is 0 Å². The average molecular weight is 360 g/mol. The van der Waals surface area contributed by atoms with Gasteiger partial charge in [0.05, 0.1) is 10.6 Å². The highest BCUT2D eigenvalue weighted by atomic mass is 32.2. The van der Waals surface area contributed by atoms with E-state index >= 15 is 0 Å². The Hall–Kier alpha value is -3.05. The zero-order valence-corrected chi connectivity index (χ0v) is 14.9. The van der Waals surface area contributed by atoms with E-state index in [1.165, 1.54) is 4.90 Å². The van der Waals surface area contributed by atoms with Gasteiger partial charge in [-0.15, -0.1) is 0 Å². The number of amides is 2. The van der Waals surface area contributed by atoms with Crippen molar-refractivity contribution >= 4 is 34.7 Å². The molecule has 1 fully saturated rings. The molecule has 3 aromatic rings. The molecule has 2 aromatic carbocycles. The van der Waals surface area contributed by atoms with Gasteiger partial charge in [-0.3, -0.25) is 9.59 Å². The Labute approximate surface area is 155 Å². The van der Waals surface area contributed by atoms with Gasteiger partial charge >= 0.3 is 0 Å². The van der Waals surface area contributed by atoms with Crippen LogP contribution >= 0.6 is 11.8 Å². The van der Waals surface area contributed by atoms with E-state index in [0.29, 0.717) is 10.6 Å². The Bertz CT molecular complexity index is 1020. The average Bonchev–Trinajstić information content (AvgIpc) is 3.21. The summed E-state index contributed by atoms with van der Waals surface area (Å²) in [6.45, 7) is 2.04. The number of nitrogens with zero attached hydrogens (tertiary/aromatic N) is 2. The van der Waals surface area contributed by atoms with E-state index in [-0.39, 0.29) is 11.1 Å². The molecule has 0 bridgehead atoms. The molecule has 128 valence electrons. The van der Waals surface area contributed by atoms with Crippen molar-refractivity contribution in [1.82, 2.24) is 4.57 Å². The van der Waals surface area contributed by atoms with E-state index < -0.39 is 0 Å². The van der Waals surface area contributed by atoms with Crippen LogP contribution < -0.4 is 4.90 Å². The Kier molecular flexibility index (Phi) is 4.22. The number of hydrogen-bond acceptors (Lipinski definition) is 3. The molecule has 1 aromatic heterocycles. The van der Waals surface area contributed by atoms with Crippen molar-refractivity contribution < 1.29 is 9.59 Å². The molecule has 1 saturated heterocycles. The van der Waals surface area contributed by atoms with Gasteiger partial charge in [0.2, 0.25) is 0 Å². The molecule has 2 heterocycles. The SMILES string of the molecule is Cc1ccccc1-n1cccc1/C=C1/SC(=O)N(c2ccccc2)C1=O. The normalized spacial score (nSPS) is 15.9. The molecule has 0 aliphatic carbocycles. The molecule has 2 amide bonds. The first-order chi connectivity index (χ1) is 12.6. The first-order valence-corrected chi connectivity index (χ1v) is 9.03. The lowest BCUT2D eigenvalue weighted by Gasteiger charge is -2.12. The van der Waals surface area contributed by atoms with Crippen molar-refractivity contribution in [3.8, 4) is 5.69 Å². The molecule has 0 N–H and O–H groups in total. The van der Waals surface area contributed by atoms with Gasteiger partial charge in [0.25, 0.3) is 11.1 Å². The summed E-state index contributed by atoms with van der Waals surface area (Å²) in [6, 6.07) is 20.9. The summed E-state index contributed by atoms with van der Waals surface area (Å²) >= 11 is 0.968. The highest BCUT2D eigenvalue weighted by Gasteiger charge is 2.36. The highest BCUT2D eigenvalue weighted by Crippen LogP contribution is 2.35. The van der Waals surface area contributed by atoms with E-state index in [9.17, 15) is 9.59 Å². The summed E-state index contributed by atoms with van der Waals surface area (Å²) in [4.78, 5) is 26.8. The number of hydrogen-bond donors (Lipinski definition) is 0. The molecule has 4 rings (SSSR count). The topological polar surface area (TPSA) is 42.3 Å². The maximum absolute atomic E-state index is 12.8. The van der Waals surface area contributed by atoms with Crippen LogP contribution in [-0.4, -0.2) is 15.7 Å². The van der Waals surface area contributed by atoms with Crippen LogP contribution in [0.5, 0.6) is 0 Å². The molecule has 0 unspecified atom stereocenters. The Morgan fingerprint density at radius 3 is 2.38 bits per heavy atom. The molecule has 26 heavy (non-hydrogen) atoms. The van der Waals surface area contributed by atoms with Crippen LogP contribution in [0, 0.1) is 6.92 Å². The summed E-state index contributed by atoms with van der Waals surface area (Å²) in [5.41, 5.74) is 3.63. The maximum atomic E-state index is 12.8. The number of rotatable bonds is 3. The van der Waals surface area contributed by atoms with E-state index in [1.54, 1.807) is 18.2 Å². The number of thioether (sulfide) groups is 1. The zero-order chi connectivity index (χ0) is 18.1. The first kappa shape index (κ1) is 16.4. The maximum Gasteiger partial charge on any atom is 0.298 e. The number of carbonyl (C=O) groups excluding carboxylic acids is 2. The van der Waals surface area contributed by atoms with Gasteiger partial charge in [-0.25, -0.2) is 4.90 Å². The lowest BCUT2D eigenvalue weighted by molar-refractivity contribution is -0.113. The molecule has 4 nitrogen and oxygen atoms in total. The van der Waals surface area contributed by atoms with Crippen LogP contribution in [0.3, 0.4) is 0 Å². The summed E-state index contributed by atoms with van der Waals surface area (Å²) in [7, 11) is 0. The summed E-state index contributed by atoms with van der Waals surface area (Å²) in [5.74, 6) is -0.288.